The zero-order valence-electron chi connectivity index (χ0n) is 7.30. The fourth-order valence-electron chi connectivity index (χ4n) is 1.72. The van der Waals surface area contributed by atoms with E-state index >= 15 is 0 Å². The molecular weight excluding hydrogens is 195 g/mol. The normalized spacial score (nSPS) is 30.5. The van der Waals surface area contributed by atoms with E-state index in [0.717, 1.165) is 0 Å². The molecule has 0 heterocycles. The fraction of sp³-hybridized carbons (Fsp3) is 0.556. The first-order chi connectivity index (χ1) is 6.04. The van der Waals surface area contributed by atoms with Gasteiger partial charge in [-0.25, -0.2) is 0 Å². The molecule has 0 bridgehead atoms. The van der Waals surface area contributed by atoms with Crippen molar-refractivity contribution in [3.05, 3.63) is 12.2 Å². The number of rotatable bonds is 2. The number of allylic oxidation sites excluding steroid dienone is 2. The Kier molecular flexibility index (Phi) is 5.41. The molecule has 14 heavy (non-hydrogen) atoms. The Morgan fingerprint density at radius 2 is 1.86 bits per heavy atom. The first-order valence-electron chi connectivity index (χ1n) is 4.16. The molecular formula is C9H13NaO4. The van der Waals surface area contributed by atoms with Crippen LogP contribution in [0, 0.1) is 17.8 Å². The summed E-state index contributed by atoms with van der Waals surface area (Å²) in [6, 6.07) is 0. The van der Waals surface area contributed by atoms with Gasteiger partial charge in [-0.3, -0.25) is 9.59 Å². The number of carboxylic acids is 2. The molecule has 0 aliphatic heterocycles. The topological polar surface area (TPSA) is 74.6 Å². The summed E-state index contributed by atoms with van der Waals surface area (Å²) in [5.41, 5.74) is 0. The van der Waals surface area contributed by atoms with Gasteiger partial charge in [-0.15, -0.1) is 0 Å². The fourth-order valence-corrected chi connectivity index (χ4v) is 1.72. The maximum absolute atomic E-state index is 10.8. The van der Waals surface area contributed by atoms with Gasteiger partial charge in [-0.2, -0.15) is 0 Å². The van der Waals surface area contributed by atoms with E-state index in [-0.39, 0.29) is 35.5 Å². The van der Waals surface area contributed by atoms with E-state index in [9.17, 15) is 9.59 Å². The number of hydrogen-bond acceptors (Lipinski definition) is 2. The van der Waals surface area contributed by atoms with E-state index in [0.29, 0.717) is 6.42 Å². The zero-order chi connectivity index (χ0) is 10.0. The van der Waals surface area contributed by atoms with Crippen molar-refractivity contribution in [1.82, 2.24) is 0 Å². The van der Waals surface area contributed by atoms with Gasteiger partial charge in [0.1, 0.15) is 0 Å². The zero-order valence-corrected chi connectivity index (χ0v) is 7.30. The molecule has 0 amide bonds. The molecule has 0 saturated carbocycles. The molecule has 1 aliphatic carbocycles. The average Bonchev–Trinajstić information content (AvgIpc) is 2.02. The van der Waals surface area contributed by atoms with Crippen LogP contribution in [0.2, 0.25) is 0 Å². The van der Waals surface area contributed by atoms with Crippen LogP contribution in [0.5, 0.6) is 0 Å². The molecule has 1 rings (SSSR count). The van der Waals surface area contributed by atoms with Gasteiger partial charge in [0.2, 0.25) is 0 Å². The minimum atomic E-state index is -1.02. The summed E-state index contributed by atoms with van der Waals surface area (Å²) in [4.78, 5) is 21.5. The molecule has 0 aromatic carbocycles. The van der Waals surface area contributed by atoms with Gasteiger partial charge < -0.3 is 10.2 Å². The molecule has 5 heteroatoms. The predicted molar refractivity (Wildman–Crippen MR) is 52.3 cm³/mol. The Morgan fingerprint density at radius 3 is 2.21 bits per heavy atom. The summed E-state index contributed by atoms with van der Waals surface area (Å²) < 4.78 is 0. The summed E-state index contributed by atoms with van der Waals surface area (Å²) in [6.45, 7) is 1.73. The Labute approximate surface area is 104 Å². The number of carbonyl (C=O) groups is 2. The summed E-state index contributed by atoms with van der Waals surface area (Å²) >= 11 is 0. The third kappa shape index (κ3) is 2.83. The van der Waals surface area contributed by atoms with Crippen molar-refractivity contribution in [2.75, 3.05) is 0 Å². The van der Waals surface area contributed by atoms with E-state index in [1.54, 1.807) is 19.1 Å². The second-order valence-corrected chi connectivity index (χ2v) is 3.33. The third-order valence-corrected chi connectivity index (χ3v) is 2.43. The summed E-state index contributed by atoms with van der Waals surface area (Å²) in [5.74, 6) is -3.82. The van der Waals surface area contributed by atoms with E-state index < -0.39 is 23.8 Å². The van der Waals surface area contributed by atoms with Crippen LogP contribution in [0.3, 0.4) is 0 Å². The van der Waals surface area contributed by atoms with Gasteiger partial charge in [0, 0.05) is 0 Å². The Bertz CT molecular complexity index is 262. The van der Waals surface area contributed by atoms with Crippen molar-refractivity contribution >= 4 is 41.5 Å². The maximum atomic E-state index is 10.8. The van der Waals surface area contributed by atoms with Crippen molar-refractivity contribution in [1.29, 1.82) is 0 Å². The Hall–Kier alpha value is -0.320. The molecule has 0 radical (unpaired) electrons. The van der Waals surface area contributed by atoms with E-state index in [2.05, 4.69) is 0 Å². The minimum absolute atomic E-state index is 0. The van der Waals surface area contributed by atoms with Crippen LogP contribution in [0.4, 0.5) is 0 Å². The van der Waals surface area contributed by atoms with Crippen molar-refractivity contribution in [2.24, 2.45) is 17.8 Å². The van der Waals surface area contributed by atoms with Crippen molar-refractivity contribution in [2.45, 2.75) is 13.3 Å². The summed E-state index contributed by atoms with van der Waals surface area (Å²) in [5, 5.41) is 17.6. The first-order valence-corrected chi connectivity index (χ1v) is 4.16. The van der Waals surface area contributed by atoms with E-state index in [1.807, 2.05) is 0 Å². The molecule has 1 aliphatic rings. The standard InChI is InChI=1S/C9H12O4.Na.H/c1-5-3-2-4-6(8(10)11)7(5)9(12)13;;/h2-3,5-7H,4H2,1H3,(H,10,11)(H,12,13);;. The van der Waals surface area contributed by atoms with Crippen molar-refractivity contribution in [3.63, 3.8) is 0 Å². The molecule has 0 aromatic rings. The van der Waals surface area contributed by atoms with Crippen molar-refractivity contribution in [3.8, 4) is 0 Å². The van der Waals surface area contributed by atoms with Crippen LogP contribution in [-0.2, 0) is 9.59 Å². The van der Waals surface area contributed by atoms with Crippen LogP contribution in [0.15, 0.2) is 12.2 Å². The van der Waals surface area contributed by atoms with E-state index in [1.165, 1.54) is 0 Å². The SMILES string of the molecule is CC1C=CCC(C(=O)O)C1C(=O)O.[NaH]. The molecule has 3 unspecified atom stereocenters. The summed E-state index contributed by atoms with van der Waals surface area (Å²) in [6.07, 6.45) is 3.82. The van der Waals surface area contributed by atoms with Gasteiger partial charge in [0.05, 0.1) is 11.8 Å². The Morgan fingerprint density at radius 1 is 1.29 bits per heavy atom. The van der Waals surface area contributed by atoms with Crippen LogP contribution in [0.25, 0.3) is 0 Å². The van der Waals surface area contributed by atoms with Gasteiger partial charge >= 0.3 is 41.5 Å². The number of hydrogen-bond donors (Lipinski definition) is 2. The average molecular weight is 208 g/mol. The van der Waals surface area contributed by atoms with Crippen LogP contribution in [0.1, 0.15) is 13.3 Å². The molecule has 0 saturated heterocycles. The van der Waals surface area contributed by atoms with Crippen LogP contribution >= 0.6 is 0 Å². The second kappa shape index (κ2) is 5.53. The van der Waals surface area contributed by atoms with Crippen LogP contribution < -0.4 is 0 Å². The molecule has 0 fully saturated rings. The van der Waals surface area contributed by atoms with Crippen LogP contribution in [-0.4, -0.2) is 51.7 Å². The second-order valence-electron chi connectivity index (χ2n) is 3.33. The third-order valence-electron chi connectivity index (χ3n) is 2.43. The molecule has 4 nitrogen and oxygen atoms in total. The van der Waals surface area contributed by atoms with Gasteiger partial charge in [0.15, 0.2) is 0 Å². The van der Waals surface area contributed by atoms with E-state index in [4.69, 9.17) is 10.2 Å². The Balaban J connectivity index is 0.00000169. The molecule has 2 N–H and O–H groups in total. The van der Waals surface area contributed by atoms with Gasteiger partial charge in [-0.1, -0.05) is 19.1 Å². The van der Waals surface area contributed by atoms with Crippen molar-refractivity contribution < 1.29 is 19.8 Å². The summed E-state index contributed by atoms with van der Waals surface area (Å²) in [7, 11) is 0. The number of carboxylic acid groups (broad SMARTS) is 2. The predicted octanol–water partition coefficient (Wildman–Crippen LogP) is 0.336. The molecule has 0 spiro atoms. The molecule has 0 aromatic heterocycles. The van der Waals surface area contributed by atoms with Gasteiger partial charge in [-0.05, 0) is 12.3 Å². The van der Waals surface area contributed by atoms with Gasteiger partial charge in [0.25, 0.3) is 0 Å². The quantitative estimate of drug-likeness (QED) is 0.506. The first kappa shape index (κ1) is 13.7. The molecule has 74 valence electrons. The monoisotopic (exact) mass is 208 g/mol. The number of aliphatic carboxylic acids is 2. The molecule has 3 atom stereocenters.